The first-order valence-corrected chi connectivity index (χ1v) is 14.5. The molecule has 0 atom stereocenters. The van der Waals surface area contributed by atoms with E-state index >= 15 is 0 Å². The van der Waals surface area contributed by atoms with Crippen molar-refractivity contribution in [1.82, 2.24) is 10.8 Å². The predicted octanol–water partition coefficient (Wildman–Crippen LogP) is 3.47. The molecule has 39 heavy (non-hydrogen) atoms. The van der Waals surface area contributed by atoms with E-state index in [1.165, 1.54) is 83.5 Å². The Morgan fingerprint density at radius 3 is 1.05 bits per heavy atom. The third-order valence-electron chi connectivity index (χ3n) is 5.28. The Hall–Kier alpha value is -0.970. The first-order valence-electron chi connectivity index (χ1n) is 14.5. The molecule has 0 aromatic rings. The minimum absolute atomic E-state index is 0.140. The summed E-state index contributed by atoms with van der Waals surface area (Å²) >= 11 is 0. The van der Waals surface area contributed by atoms with Crippen molar-refractivity contribution < 1.29 is 54.6 Å². The highest BCUT2D eigenvalue weighted by Gasteiger charge is 2.16. The molecule has 0 unspecified atom stereocenters. The average Bonchev–Trinajstić information content (AvgIpc) is 2.93. The van der Waals surface area contributed by atoms with Gasteiger partial charge in [-0.2, -0.15) is 0 Å². The molecule has 0 aromatic carbocycles. The number of carboxylic acids is 1. The second-order valence-corrected chi connectivity index (χ2v) is 8.85. The smallest absolute Gasteiger partial charge is 0.303 e. The first-order chi connectivity index (χ1) is 19.0. The Kier molecular flexibility index (Phi) is 36.1. The number of carbonyl (C=O) groups is 1. The second-order valence-electron chi connectivity index (χ2n) is 8.85. The van der Waals surface area contributed by atoms with E-state index in [1.807, 2.05) is 0 Å². The largest absolute Gasteiger partial charge is 0.481 e. The summed E-state index contributed by atoms with van der Waals surface area (Å²) < 4.78 is 0. The lowest BCUT2D eigenvalue weighted by atomic mass is 10.0. The Balaban J connectivity index is 0. The lowest BCUT2D eigenvalue weighted by Gasteiger charge is -2.24. The molecule has 0 heterocycles. The van der Waals surface area contributed by atoms with Crippen molar-refractivity contribution in [3.05, 3.63) is 0 Å². The molecule has 13 nitrogen and oxygen atoms in total. The number of hydrogen-bond donors (Lipinski definition) is 5. The number of unbranched alkanes of at least 4 members (excludes halogenated alkanes) is 14. The van der Waals surface area contributed by atoms with Gasteiger partial charge in [-0.3, -0.25) is 4.79 Å². The van der Waals surface area contributed by atoms with Gasteiger partial charge in [0.25, 0.3) is 0 Å². The van der Waals surface area contributed by atoms with Crippen molar-refractivity contribution in [1.29, 1.82) is 0 Å². The highest BCUT2D eigenvalue weighted by atomic mass is 17.3. The van der Waals surface area contributed by atoms with Gasteiger partial charge in [0.15, 0.2) is 0 Å². The fourth-order valence-corrected chi connectivity index (χ4v) is 3.33. The molecule has 13 heteroatoms. The molecule has 236 valence electrons. The first kappa shape index (κ1) is 40.2. The number of nitrogens with zero attached hydrogens (tertiary/aromatic N) is 2. The molecule has 0 saturated carbocycles. The molecular formula is C26H56N2O11. The average molecular weight is 573 g/mol. The van der Waals surface area contributed by atoms with E-state index in [9.17, 15) is 4.79 Å². The molecule has 0 saturated heterocycles. The van der Waals surface area contributed by atoms with Crippen molar-refractivity contribution in [3.63, 3.8) is 0 Å². The zero-order valence-electron chi connectivity index (χ0n) is 24.1. The van der Waals surface area contributed by atoms with Gasteiger partial charge in [-0.1, -0.05) is 96.8 Å². The molecule has 0 rings (SSSR count). The second kappa shape index (κ2) is 35.1. The van der Waals surface area contributed by atoms with Crippen LogP contribution >= 0.6 is 0 Å². The van der Waals surface area contributed by atoms with E-state index in [4.69, 9.17) is 49.8 Å². The topological polar surface area (TPSA) is 171 Å². The zero-order valence-corrected chi connectivity index (χ0v) is 24.1. The zero-order chi connectivity index (χ0) is 29.2. The minimum atomic E-state index is -0.653. The number of aliphatic carboxylic acids is 1. The van der Waals surface area contributed by atoms with Crippen LogP contribution in [0.2, 0.25) is 0 Å². The maximum Gasteiger partial charge on any atom is 0.303 e. The summed E-state index contributed by atoms with van der Waals surface area (Å²) in [4.78, 5) is 34.3. The SMILES string of the molecule is CCCCCCCCCCCCCCCCCC(=O)O.OCCON(OCCO)ON(OCCO)OCCO. The van der Waals surface area contributed by atoms with Gasteiger partial charge < -0.3 is 25.5 Å². The lowest BCUT2D eigenvalue weighted by Crippen LogP contribution is -2.38. The van der Waals surface area contributed by atoms with Crippen LogP contribution in [-0.4, -0.2) is 95.1 Å². The summed E-state index contributed by atoms with van der Waals surface area (Å²) in [6.45, 7) is 0.534. The maximum absolute atomic E-state index is 10.3. The van der Waals surface area contributed by atoms with Crippen molar-refractivity contribution >= 4 is 5.97 Å². The Labute approximate surface area is 234 Å². The highest BCUT2D eigenvalue weighted by molar-refractivity contribution is 5.66. The van der Waals surface area contributed by atoms with Crippen molar-refractivity contribution in [2.75, 3.05) is 52.9 Å². The van der Waals surface area contributed by atoms with E-state index in [0.717, 1.165) is 12.8 Å². The van der Waals surface area contributed by atoms with Crippen LogP contribution in [0.4, 0.5) is 0 Å². The van der Waals surface area contributed by atoms with Gasteiger partial charge in [-0.15, -0.1) is 4.94 Å². The molecule has 0 aliphatic rings. The van der Waals surface area contributed by atoms with Crippen molar-refractivity contribution in [3.8, 4) is 0 Å². The molecule has 0 fully saturated rings. The van der Waals surface area contributed by atoms with E-state index < -0.39 is 5.97 Å². The van der Waals surface area contributed by atoms with Gasteiger partial charge in [0.1, 0.15) is 0 Å². The molecule has 0 aliphatic carbocycles. The molecule has 0 radical (unpaired) electrons. The van der Waals surface area contributed by atoms with E-state index in [-0.39, 0.29) is 52.9 Å². The number of aliphatic hydroxyl groups excluding tert-OH is 4. The van der Waals surface area contributed by atoms with E-state index in [1.54, 1.807) is 0 Å². The standard InChI is InChI=1S/C18H36O2.C8H20N2O9/c1-2-3-4-5-6-7-8-9-10-11-12-13-14-15-16-17-18(19)20;11-1-5-15-9(16-6-2-12)19-10(17-7-3-13)18-8-4-14/h2-17H2,1H3,(H,19,20);11-14H,1-8H2. The van der Waals surface area contributed by atoms with Gasteiger partial charge in [-0.05, 0) is 6.42 Å². The van der Waals surface area contributed by atoms with Gasteiger partial charge in [0, 0.05) is 6.42 Å². The summed E-state index contributed by atoms with van der Waals surface area (Å²) in [5.41, 5.74) is 0. The van der Waals surface area contributed by atoms with Crippen LogP contribution in [0.5, 0.6) is 0 Å². The highest BCUT2D eigenvalue weighted by Crippen LogP contribution is 2.13. The summed E-state index contributed by atoms with van der Waals surface area (Å²) in [5.74, 6) is -0.653. The third kappa shape index (κ3) is 35.0. The molecule has 0 spiro atoms. The van der Waals surface area contributed by atoms with Crippen molar-refractivity contribution in [2.24, 2.45) is 0 Å². The van der Waals surface area contributed by atoms with Crippen LogP contribution in [0.25, 0.3) is 0 Å². The molecule has 0 aromatic heterocycles. The summed E-state index contributed by atoms with van der Waals surface area (Å²) in [6.07, 6.45) is 20.2. The number of aliphatic hydroxyl groups is 4. The molecule has 5 N–H and O–H groups in total. The number of rotatable bonds is 30. The molecular weight excluding hydrogens is 516 g/mol. The van der Waals surface area contributed by atoms with Crippen LogP contribution in [0.3, 0.4) is 0 Å². The van der Waals surface area contributed by atoms with Gasteiger partial charge in [0.2, 0.25) is 0 Å². The van der Waals surface area contributed by atoms with Crippen LogP contribution in [0.15, 0.2) is 0 Å². The lowest BCUT2D eigenvalue weighted by molar-refractivity contribution is -0.680. The van der Waals surface area contributed by atoms with Crippen LogP contribution in [0, 0.1) is 0 Å². The van der Waals surface area contributed by atoms with E-state index in [2.05, 4.69) is 6.92 Å². The number of hydrogen-bond acceptors (Lipinski definition) is 12. The van der Waals surface area contributed by atoms with Gasteiger partial charge in [-0.25, -0.2) is 19.4 Å². The summed E-state index contributed by atoms with van der Waals surface area (Å²) in [7, 11) is 0. The van der Waals surface area contributed by atoms with E-state index in [0.29, 0.717) is 17.2 Å². The maximum atomic E-state index is 10.3. The number of carboxylic acid groups (broad SMARTS) is 1. The minimum Gasteiger partial charge on any atom is -0.481 e. The van der Waals surface area contributed by atoms with Crippen LogP contribution in [-0.2, 0) is 29.1 Å². The van der Waals surface area contributed by atoms with Gasteiger partial charge >= 0.3 is 5.97 Å². The summed E-state index contributed by atoms with van der Waals surface area (Å²) in [6, 6.07) is 0. The Morgan fingerprint density at radius 2 is 0.795 bits per heavy atom. The van der Waals surface area contributed by atoms with Gasteiger partial charge in [0.05, 0.1) is 63.6 Å². The normalized spacial score (nSPS) is 11.3. The fourth-order valence-electron chi connectivity index (χ4n) is 3.33. The quantitative estimate of drug-likeness (QED) is 0.0626. The van der Waals surface area contributed by atoms with Crippen LogP contribution < -0.4 is 0 Å². The molecule has 0 bridgehead atoms. The Morgan fingerprint density at radius 1 is 0.513 bits per heavy atom. The monoisotopic (exact) mass is 572 g/mol. The predicted molar refractivity (Wildman–Crippen MR) is 144 cm³/mol. The molecule has 0 amide bonds. The van der Waals surface area contributed by atoms with Crippen molar-refractivity contribution in [2.45, 2.75) is 110 Å². The summed E-state index contributed by atoms with van der Waals surface area (Å²) in [5, 5.41) is 43.8. The van der Waals surface area contributed by atoms with Crippen LogP contribution in [0.1, 0.15) is 110 Å². The third-order valence-corrected chi connectivity index (χ3v) is 5.28. The fraction of sp³-hybridized carbons (Fsp3) is 0.962. The molecule has 0 aliphatic heterocycles. The Bertz CT molecular complexity index is 445.